The Morgan fingerprint density at radius 3 is 2.50 bits per heavy atom. The van der Waals surface area contributed by atoms with E-state index in [2.05, 4.69) is 26.1 Å². The normalized spacial score (nSPS) is 39.1. The van der Waals surface area contributed by atoms with Crippen molar-refractivity contribution in [1.82, 2.24) is 10.2 Å². The average Bonchev–Trinajstić information content (AvgIpc) is 2.74. The molecule has 112 valence electrons. The van der Waals surface area contributed by atoms with Crippen LogP contribution in [0.5, 0.6) is 0 Å². The van der Waals surface area contributed by atoms with Crippen molar-refractivity contribution in [2.24, 2.45) is 16.7 Å². The quantitative estimate of drug-likeness (QED) is 0.790. The summed E-state index contributed by atoms with van der Waals surface area (Å²) in [7, 11) is 0. The first-order valence-corrected chi connectivity index (χ1v) is 7.55. The molecule has 0 aromatic carbocycles. The maximum absolute atomic E-state index is 12.7. The SMILES string of the molecule is CC12CCC(C(NC(=O)N3CCOCC3)C1=O)C2(C)C. The van der Waals surface area contributed by atoms with Crippen LogP contribution in [0.3, 0.4) is 0 Å². The molecule has 3 aliphatic rings. The van der Waals surface area contributed by atoms with Gasteiger partial charge >= 0.3 is 6.03 Å². The molecule has 2 amide bonds. The van der Waals surface area contributed by atoms with Gasteiger partial charge in [0.2, 0.25) is 0 Å². The molecule has 1 heterocycles. The predicted octanol–water partition coefficient (Wildman–Crippen LogP) is 1.42. The summed E-state index contributed by atoms with van der Waals surface area (Å²) in [5.74, 6) is 0.491. The number of Topliss-reactive ketones (excluding diaryl/α,β-unsaturated/α-hetero) is 1. The fraction of sp³-hybridized carbons (Fsp3) is 0.867. The van der Waals surface area contributed by atoms with E-state index in [1.807, 2.05) is 0 Å². The average molecular weight is 280 g/mol. The summed E-state index contributed by atoms with van der Waals surface area (Å²) >= 11 is 0. The van der Waals surface area contributed by atoms with E-state index < -0.39 is 0 Å². The van der Waals surface area contributed by atoms with E-state index in [0.29, 0.717) is 26.3 Å². The Morgan fingerprint density at radius 2 is 1.95 bits per heavy atom. The van der Waals surface area contributed by atoms with Crippen LogP contribution in [0.4, 0.5) is 4.79 Å². The first kappa shape index (κ1) is 13.9. The van der Waals surface area contributed by atoms with Crippen LogP contribution in [-0.2, 0) is 9.53 Å². The highest BCUT2D eigenvalue weighted by atomic mass is 16.5. The Labute approximate surface area is 120 Å². The zero-order valence-corrected chi connectivity index (χ0v) is 12.6. The van der Waals surface area contributed by atoms with Crippen molar-refractivity contribution in [3.05, 3.63) is 0 Å². The van der Waals surface area contributed by atoms with E-state index in [-0.39, 0.29) is 34.6 Å². The highest BCUT2D eigenvalue weighted by Crippen LogP contribution is 2.63. The number of fused-ring (bicyclic) bond motifs is 2. The smallest absolute Gasteiger partial charge is 0.318 e. The highest BCUT2D eigenvalue weighted by molar-refractivity contribution is 5.97. The summed E-state index contributed by atoms with van der Waals surface area (Å²) in [6, 6.07) is -0.419. The van der Waals surface area contributed by atoms with Crippen LogP contribution in [0, 0.1) is 16.7 Å². The molecule has 5 heteroatoms. The van der Waals surface area contributed by atoms with Crippen LogP contribution in [-0.4, -0.2) is 49.1 Å². The molecule has 5 nitrogen and oxygen atoms in total. The number of carbonyl (C=O) groups is 2. The number of rotatable bonds is 1. The fourth-order valence-corrected chi connectivity index (χ4v) is 4.24. The van der Waals surface area contributed by atoms with Crippen molar-refractivity contribution in [1.29, 1.82) is 0 Å². The first-order valence-electron chi connectivity index (χ1n) is 7.55. The van der Waals surface area contributed by atoms with Crippen LogP contribution in [0.2, 0.25) is 0 Å². The molecule has 2 saturated carbocycles. The van der Waals surface area contributed by atoms with Gasteiger partial charge in [-0.3, -0.25) is 4.79 Å². The van der Waals surface area contributed by atoms with Crippen LogP contribution in [0.1, 0.15) is 33.6 Å². The van der Waals surface area contributed by atoms with E-state index >= 15 is 0 Å². The van der Waals surface area contributed by atoms with Gasteiger partial charge in [0, 0.05) is 18.5 Å². The second-order valence-electron chi connectivity index (χ2n) is 7.09. The molecule has 0 radical (unpaired) electrons. The Hall–Kier alpha value is -1.10. The van der Waals surface area contributed by atoms with Gasteiger partial charge in [0.1, 0.15) is 0 Å². The number of hydrogen-bond donors (Lipinski definition) is 1. The third kappa shape index (κ3) is 1.72. The van der Waals surface area contributed by atoms with E-state index in [9.17, 15) is 9.59 Å². The Kier molecular flexibility index (Phi) is 3.08. The van der Waals surface area contributed by atoms with Gasteiger partial charge in [0.25, 0.3) is 0 Å². The molecular weight excluding hydrogens is 256 g/mol. The van der Waals surface area contributed by atoms with E-state index in [1.54, 1.807) is 4.90 Å². The molecule has 1 aliphatic heterocycles. The molecule has 2 bridgehead atoms. The lowest BCUT2D eigenvalue weighted by Gasteiger charge is -2.32. The van der Waals surface area contributed by atoms with E-state index in [4.69, 9.17) is 4.74 Å². The molecule has 3 fully saturated rings. The standard InChI is InChI=1S/C15H24N2O3/c1-14(2)10-4-5-15(14,3)12(18)11(10)16-13(19)17-6-8-20-9-7-17/h10-11H,4-9H2,1-3H3,(H,16,19). The first-order chi connectivity index (χ1) is 9.38. The minimum Gasteiger partial charge on any atom is -0.378 e. The third-order valence-electron chi connectivity index (χ3n) is 6.11. The topological polar surface area (TPSA) is 58.6 Å². The van der Waals surface area contributed by atoms with Gasteiger partial charge in [-0.25, -0.2) is 4.79 Å². The molecule has 0 aromatic rings. The number of nitrogens with one attached hydrogen (secondary N) is 1. The Morgan fingerprint density at radius 1 is 1.30 bits per heavy atom. The van der Waals surface area contributed by atoms with Crippen molar-refractivity contribution in [3.63, 3.8) is 0 Å². The zero-order chi connectivity index (χ0) is 14.5. The summed E-state index contributed by atoms with van der Waals surface area (Å²) in [5.41, 5.74) is -0.298. The minimum atomic E-state index is -0.306. The van der Waals surface area contributed by atoms with Gasteiger partial charge in [-0.15, -0.1) is 0 Å². The second-order valence-corrected chi connectivity index (χ2v) is 7.09. The number of urea groups is 1. The van der Waals surface area contributed by atoms with Crippen molar-refractivity contribution in [2.45, 2.75) is 39.7 Å². The number of nitrogens with zero attached hydrogens (tertiary/aromatic N) is 1. The second kappa shape index (κ2) is 4.45. The summed E-state index contributed by atoms with van der Waals surface area (Å²) in [5, 5.41) is 2.99. The van der Waals surface area contributed by atoms with Crippen molar-refractivity contribution in [3.8, 4) is 0 Å². The number of hydrogen-bond acceptors (Lipinski definition) is 3. The molecule has 20 heavy (non-hydrogen) atoms. The van der Waals surface area contributed by atoms with Crippen LogP contribution in [0.25, 0.3) is 0 Å². The largest absolute Gasteiger partial charge is 0.378 e. The summed E-state index contributed by atoms with van der Waals surface area (Å²) in [6.45, 7) is 8.79. The molecule has 2 aliphatic carbocycles. The number of amides is 2. The van der Waals surface area contributed by atoms with Crippen LogP contribution in [0.15, 0.2) is 0 Å². The zero-order valence-electron chi connectivity index (χ0n) is 12.6. The minimum absolute atomic E-state index is 0.0208. The highest BCUT2D eigenvalue weighted by Gasteiger charge is 2.66. The molecule has 0 aromatic heterocycles. The molecule has 3 rings (SSSR count). The lowest BCUT2D eigenvalue weighted by Crippen LogP contribution is -2.53. The number of ketones is 1. The number of ether oxygens (including phenoxy) is 1. The monoisotopic (exact) mass is 280 g/mol. The number of carbonyl (C=O) groups excluding carboxylic acids is 2. The molecule has 0 spiro atoms. The molecule has 1 saturated heterocycles. The van der Waals surface area contributed by atoms with Gasteiger partial charge in [0.15, 0.2) is 5.78 Å². The van der Waals surface area contributed by atoms with Gasteiger partial charge in [0.05, 0.1) is 19.3 Å². The van der Waals surface area contributed by atoms with Crippen molar-refractivity contribution in [2.75, 3.05) is 26.3 Å². The van der Waals surface area contributed by atoms with Gasteiger partial charge in [-0.05, 0) is 24.2 Å². The summed E-state index contributed by atoms with van der Waals surface area (Å²) in [6.07, 6.45) is 1.98. The molecule has 3 unspecified atom stereocenters. The van der Waals surface area contributed by atoms with Gasteiger partial charge < -0.3 is 15.0 Å². The Bertz CT molecular complexity index is 442. The maximum atomic E-state index is 12.7. The number of morpholine rings is 1. The maximum Gasteiger partial charge on any atom is 0.318 e. The van der Waals surface area contributed by atoms with E-state index in [1.165, 1.54) is 0 Å². The van der Waals surface area contributed by atoms with Gasteiger partial charge in [-0.1, -0.05) is 20.8 Å². The Balaban J connectivity index is 1.73. The molecule has 1 N–H and O–H groups in total. The summed E-state index contributed by atoms with van der Waals surface area (Å²) in [4.78, 5) is 26.7. The van der Waals surface area contributed by atoms with Crippen LogP contribution < -0.4 is 5.32 Å². The molecular formula is C15H24N2O3. The van der Waals surface area contributed by atoms with Crippen molar-refractivity contribution >= 4 is 11.8 Å². The third-order valence-corrected chi connectivity index (χ3v) is 6.11. The van der Waals surface area contributed by atoms with E-state index in [0.717, 1.165) is 12.8 Å². The lowest BCUT2D eigenvalue weighted by atomic mass is 9.70. The van der Waals surface area contributed by atoms with Gasteiger partial charge in [-0.2, -0.15) is 0 Å². The van der Waals surface area contributed by atoms with Crippen LogP contribution >= 0.6 is 0 Å². The lowest BCUT2D eigenvalue weighted by molar-refractivity contribution is -0.129. The molecule has 3 atom stereocenters. The van der Waals surface area contributed by atoms with Crippen molar-refractivity contribution < 1.29 is 14.3 Å². The predicted molar refractivity (Wildman–Crippen MR) is 74.3 cm³/mol. The fourth-order valence-electron chi connectivity index (χ4n) is 4.24. The summed E-state index contributed by atoms with van der Waals surface area (Å²) < 4.78 is 5.25.